The fourth-order valence-electron chi connectivity index (χ4n) is 4.27. The molecule has 1 fully saturated rings. The fourth-order valence-corrected chi connectivity index (χ4v) is 4.27. The summed E-state index contributed by atoms with van der Waals surface area (Å²) >= 11 is 0. The molecule has 0 bridgehead atoms. The molecule has 1 heterocycles. The Morgan fingerprint density at radius 3 is 1.89 bits per heavy atom. The van der Waals surface area contributed by atoms with Crippen molar-refractivity contribution in [3.8, 4) is 0 Å². The van der Waals surface area contributed by atoms with E-state index >= 15 is 0 Å². The molecule has 0 saturated carbocycles. The van der Waals surface area contributed by atoms with E-state index in [0.29, 0.717) is 6.42 Å². The largest absolute Gasteiger partial charge is 0.480 e. The van der Waals surface area contributed by atoms with Crippen LogP contribution in [0.5, 0.6) is 0 Å². The van der Waals surface area contributed by atoms with Gasteiger partial charge < -0.3 is 63.4 Å². The predicted molar refractivity (Wildman–Crippen MR) is 156 cm³/mol. The lowest BCUT2D eigenvalue weighted by molar-refractivity contribution is -0.145. The van der Waals surface area contributed by atoms with Gasteiger partial charge in [0, 0.05) is 13.0 Å². The summed E-state index contributed by atoms with van der Waals surface area (Å²) in [6.45, 7) is -0.0761. The van der Waals surface area contributed by atoms with E-state index in [0.717, 1.165) is 4.90 Å². The molecule has 6 atom stereocenters. The Labute approximate surface area is 264 Å². The smallest absolute Gasteiger partial charge is 0.326 e. The van der Waals surface area contributed by atoms with Gasteiger partial charge in [0.05, 0.1) is 32.4 Å². The Hall–Kier alpha value is -4.40. The minimum absolute atomic E-state index is 0.0286. The summed E-state index contributed by atoms with van der Waals surface area (Å²) in [4.78, 5) is 99.1. The highest BCUT2D eigenvalue weighted by Gasteiger charge is 2.39. The van der Waals surface area contributed by atoms with Crippen molar-refractivity contribution in [1.82, 2.24) is 31.5 Å². The first kappa shape index (κ1) is 39.6. The number of nitrogens with one attached hydrogen (secondary N) is 5. The molecule has 260 valence electrons. The van der Waals surface area contributed by atoms with Crippen LogP contribution < -0.4 is 38.1 Å². The van der Waals surface area contributed by atoms with Crippen molar-refractivity contribution < 1.29 is 58.8 Å². The molecule has 0 aromatic heterocycles. The van der Waals surface area contributed by atoms with E-state index < -0.39 is 110 Å². The number of rotatable bonds is 19. The lowest BCUT2D eigenvalue weighted by Crippen LogP contribution is -2.59. The number of primary amides is 1. The van der Waals surface area contributed by atoms with Crippen LogP contribution in [0.4, 0.5) is 0 Å². The summed E-state index contributed by atoms with van der Waals surface area (Å²) < 4.78 is 0. The third kappa shape index (κ3) is 12.2. The Kier molecular flexibility index (Phi) is 16.5. The van der Waals surface area contributed by atoms with Gasteiger partial charge >= 0.3 is 5.97 Å². The second-order valence-electron chi connectivity index (χ2n) is 10.9. The maximum atomic E-state index is 13.2. The molecule has 7 amide bonds. The van der Waals surface area contributed by atoms with Crippen LogP contribution in [0, 0.1) is 5.92 Å². The number of aliphatic hydroxyl groups excluding tert-OH is 3. The molecule has 1 saturated heterocycles. The van der Waals surface area contributed by atoms with Crippen LogP contribution in [0.2, 0.25) is 0 Å². The van der Waals surface area contributed by atoms with Crippen LogP contribution in [0.3, 0.4) is 0 Å². The molecule has 1 aliphatic heterocycles. The molecular weight excluding hydrogens is 616 g/mol. The first-order valence-electron chi connectivity index (χ1n) is 14.5. The molecule has 1 aliphatic rings. The summed E-state index contributed by atoms with van der Waals surface area (Å²) in [7, 11) is 0. The zero-order chi connectivity index (χ0) is 35.1. The number of aliphatic hydroxyl groups is 3. The van der Waals surface area contributed by atoms with Crippen LogP contribution in [0.25, 0.3) is 0 Å². The van der Waals surface area contributed by atoms with Gasteiger partial charge in [-0.3, -0.25) is 33.6 Å². The van der Waals surface area contributed by atoms with Crippen molar-refractivity contribution >= 4 is 47.3 Å². The Bertz CT molecular complexity index is 1140. The standard InChI is InChI=1S/C26H44N8O12/c1-12(2)20(28)24(43)32-14(9-35)21(40)29-8-19(39)30-15(10-36)22(41)33-16(11-37)25(44)34-7-3-4-17(34)23(42)31-13(26(45)46)5-6-18(27)38/h12-17,20,35-37H,3-11,28H2,1-2H3,(H2,27,38)(H,29,40)(H,30,39)(H,31,42)(H,32,43)(H,33,41)(H,45,46)/t13-,14-,15-,16-,17-,20-/m0/s1. The molecule has 20 nitrogen and oxygen atoms in total. The van der Waals surface area contributed by atoms with Crippen LogP contribution in [0.15, 0.2) is 0 Å². The molecule has 1 rings (SSSR count). The highest BCUT2D eigenvalue weighted by atomic mass is 16.4. The summed E-state index contributed by atoms with van der Waals surface area (Å²) in [6, 6.07) is -8.27. The van der Waals surface area contributed by atoms with E-state index in [-0.39, 0.29) is 31.7 Å². The SMILES string of the molecule is CC(C)[C@H](N)C(=O)N[C@@H](CO)C(=O)NCC(=O)N[C@@H](CO)C(=O)N[C@@H](CO)C(=O)N1CCC[C@H]1C(=O)N[C@@H](CCC(N)=O)C(=O)O. The minimum atomic E-state index is -1.65. The second kappa shape index (κ2) is 19.2. The lowest BCUT2D eigenvalue weighted by atomic mass is 10.0. The molecule has 0 aromatic rings. The summed E-state index contributed by atoms with van der Waals surface area (Å²) in [6.07, 6.45) is -0.122. The Balaban J connectivity index is 2.78. The van der Waals surface area contributed by atoms with Crippen LogP contribution in [0.1, 0.15) is 39.5 Å². The number of hydrogen-bond acceptors (Lipinski definition) is 12. The maximum absolute atomic E-state index is 13.2. The van der Waals surface area contributed by atoms with Crippen LogP contribution in [-0.4, -0.2) is 142 Å². The molecule has 20 heteroatoms. The Morgan fingerprint density at radius 1 is 0.804 bits per heavy atom. The zero-order valence-corrected chi connectivity index (χ0v) is 25.6. The van der Waals surface area contributed by atoms with Gasteiger partial charge in [-0.25, -0.2) is 4.79 Å². The van der Waals surface area contributed by atoms with Crippen molar-refractivity contribution in [3.63, 3.8) is 0 Å². The number of nitrogens with zero attached hydrogens (tertiary/aromatic N) is 1. The van der Waals surface area contributed by atoms with Crippen molar-refractivity contribution in [1.29, 1.82) is 0 Å². The average Bonchev–Trinajstić information content (AvgIpc) is 3.50. The zero-order valence-electron chi connectivity index (χ0n) is 25.6. The summed E-state index contributed by atoms with van der Waals surface area (Å²) in [5.74, 6) is -7.91. The van der Waals surface area contributed by atoms with Gasteiger partial charge in [0.15, 0.2) is 0 Å². The number of hydrogen-bond donors (Lipinski definition) is 11. The topological polar surface area (TPSA) is 333 Å². The number of nitrogens with two attached hydrogens (primary N) is 2. The van der Waals surface area contributed by atoms with Gasteiger partial charge in [0.1, 0.15) is 30.2 Å². The van der Waals surface area contributed by atoms with E-state index in [1.165, 1.54) is 0 Å². The van der Waals surface area contributed by atoms with Crippen molar-refractivity contribution in [3.05, 3.63) is 0 Å². The monoisotopic (exact) mass is 660 g/mol. The number of carbonyl (C=O) groups is 8. The van der Waals surface area contributed by atoms with Gasteiger partial charge in [-0.05, 0) is 25.2 Å². The third-order valence-corrected chi connectivity index (χ3v) is 7.02. The summed E-state index contributed by atoms with van der Waals surface area (Å²) in [5.41, 5.74) is 10.7. The van der Waals surface area contributed by atoms with Gasteiger partial charge in [0.25, 0.3) is 0 Å². The minimum Gasteiger partial charge on any atom is -0.480 e. The predicted octanol–water partition coefficient (Wildman–Crippen LogP) is -6.66. The van der Waals surface area contributed by atoms with Crippen molar-refractivity contribution in [2.24, 2.45) is 17.4 Å². The van der Waals surface area contributed by atoms with E-state index in [4.69, 9.17) is 11.5 Å². The molecule has 0 spiro atoms. The highest BCUT2D eigenvalue weighted by Crippen LogP contribution is 2.19. The van der Waals surface area contributed by atoms with Gasteiger partial charge in [-0.15, -0.1) is 0 Å². The second-order valence-corrected chi connectivity index (χ2v) is 10.9. The normalized spacial score (nSPS) is 17.5. The Morgan fingerprint density at radius 2 is 1.37 bits per heavy atom. The van der Waals surface area contributed by atoms with E-state index in [2.05, 4.69) is 26.6 Å². The lowest BCUT2D eigenvalue weighted by Gasteiger charge is -2.29. The molecule has 0 radical (unpaired) electrons. The molecule has 13 N–H and O–H groups in total. The number of aliphatic carboxylic acids is 1. The number of carbonyl (C=O) groups excluding carboxylic acids is 7. The highest BCUT2D eigenvalue weighted by molar-refractivity contribution is 5.96. The van der Waals surface area contributed by atoms with E-state index in [9.17, 15) is 58.8 Å². The number of amides is 7. The van der Waals surface area contributed by atoms with Crippen molar-refractivity contribution in [2.45, 2.75) is 75.8 Å². The number of likely N-dealkylation sites (tertiary alicyclic amines) is 1. The first-order valence-corrected chi connectivity index (χ1v) is 14.5. The van der Waals surface area contributed by atoms with Crippen molar-refractivity contribution in [2.75, 3.05) is 32.9 Å². The molecule has 46 heavy (non-hydrogen) atoms. The fraction of sp³-hybridized carbons (Fsp3) is 0.692. The molecule has 0 aromatic carbocycles. The van der Waals surface area contributed by atoms with Crippen LogP contribution in [-0.2, 0) is 38.4 Å². The average molecular weight is 661 g/mol. The van der Waals surface area contributed by atoms with Gasteiger partial charge in [-0.1, -0.05) is 13.8 Å². The first-order chi connectivity index (χ1) is 21.6. The molecular formula is C26H44N8O12. The van der Waals surface area contributed by atoms with Gasteiger partial charge in [-0.2, -0.15) is 0 Å². The summed E-state index contributed by atoms with van der Waals surface area (Å²) in [5, 5.41) is 49.2. The van der Waals surface area contributed by atoms with Crippen LogP contribution >= 0.6 is 0 Å². The van der Waals surface area contributed by atoms with E-state index in [1.54, 1.807) is 13.8 Å². The molecule has 0 aliphatic carbocycles. The number of carboxylic acid groups (broad SMARTS) is 1. The number of carboxylic acids is 1. The third-order valence-electron chi connectivity index (χ3n) is 7.02. The maximum Gasteiger partial charge on any atom is 0.326 e. The van der Waals surface area contributed by atoms with E-state index in [1.807, 2.05) is 0 Å². The molecule has 0 unspecified atom stereocenters. The quantitative estimate of drug-likeness (QED) is 0.0614. The van der Waals surface area contributed by atoms with Gasteiger partial charge in [0.2, 0.25) is 41.4 Å².